The quantitative estimate of drug-likeness (QED) is 0.665. The van der Waals surface area contributed by atoms with E-state index in [-0.39, 0.29) is 5.04 Å². The molecule has 1 aromatic carbocycles. The standard InChI is InChI=1S/C15H23BrOSi/c1-15(2,3)18(4,5)17-12-6-7-13-8-10-14(16)11-9-13/h6-11H,12H2,1-5H3/b7-6+. The van der Waals surface area contributed by atoms with Gasteiger partial charge in [-0.15, -0.1) is 0 Å². The average molecular weight is 327 g/mol. The van der Waals surface area contributed by atoms with Crippen molar-refractivity contribution < 1.29 is 4.43 Å². The SMILES string of the molecule is CC(C)(C)[Si](C)(C)OC/C=C/c1ccc(Br)cc1. The Balaban J connectivity index is 2.49. The van der Waals surface area contributed by atoms with Gasteiger partial charge in [-0.25, -0.2) is 0 Å². The summed E-state index contributed by atoms with van der Waals surface area (Å²) in [7, 11) is -1.61. The van der Waals surface area contributed by atoms with Gasteiger partial charge in [-0.05, 0) is 35.8 Å². The van der Waals surface area contributed by atoms with Crippen LogP contribution in [0.15, 0.2) is 34.8 Å². The minimum absolute atomic E-state index is 0.276. The van der Waals surface area contributed by atoms with Gasteiger partial charge >= 0.3 is 0 Å². The highest BCUT2D eigenvalue weighted by atomic mass is 79.9. The molecule has 0 spiro atoms. The fourth-order valence-electron chi connectivity index (χ4n) is 1.23. The van der Waals surface area contributed by atoms with Gasteiger partial charge in [0.15, 0.2) is 8.32 Å². The minimum atomic E-state index is -1.61. The molecule has 100 valence electrons. The van der Waals surface area contributed by atoms with E-state index in [1.54, 1.807) is 0 Å². The van der Waals surface area contributed by atoms with E-state index < -0.39 is 8.32 Å². The summed E-state index contributed by atoms with van der Waals surface area (Å²) < 4.78 is 7.19. The zero-order chi connectivity index (χ0) is 13.8. The van der Waals surface area contributed by atoms with Crippen LogP contribution in [0.5, 0.6) is 0 Å². The summed E-state index contributed by atoms with van der Waals surface area (Å²) in [6.07, 6.45) is 4.21. The lowest BCUT2D eigenvalue weighted by Gasteiger charge is -2.35. The van der Waals surface area contributed by atoms with Crippen LogP contribution in [-0.2, 0) is 4.43 Å². The van der Waals surface area contributed by atoms with Gasteiger partial charge in [0.2, 0.25) is 0 Å². The van der Waals surface area contributed by atoms with Crippen molar-refractivity contribution in [3.8, 4) is 0 Å². The zero-order valence-corrected chi connectivity index (χ0v) is 14.5. The van der Waals surface area contributed by atoms with E-state index in [2.05, 4.69) is 74.1 Å². The first-order valence-electron chi connectivity index (χ1n) is 6.28. The van der Waals surface area contributed by atoms with Crippen molar-refractivity contribution in [3.05, 3.63) is 40.4 Å². The van der Waals surface area contributed by atoms with Crippen LogP contribution in [0.3, 0.4) is 0 Å². The molecule has 0 fully saturated rings. The molecule has 0 radical (unpaired) electrons. The van der Waals surface area contributed by atoms with E-state index >= 15 is 0 Å². The monoisotopic (exact) mass is 326 g/mol. The molecule has 0 aromatic heterocycles. The number of hydrogen-bond donors (Lipinski definition) is 0. The molecular weight excluding hydrogens is 304 g/mol. The summed E-state index contributed by atoms with van der Waals surface area (Å²) >= 11 is 3.43. The number of halogens is 1. The van der Waals surface area contributed by atoms with Crippen LogP contribution in [-0.4, -0.2) is 14.9 Å². The van der Waals surface area contributed by atoms with Crippen LogP contribution in [0.2, 0.25) is 18.1 Å². The molecule has 1 nitrogen and oxygen atoms in total. The molecule has 0 saturated carbocycles. The Hall–Kier alpha value is -0.383. The first kappa shape index (κ1) is 15.7. The molecule has 0 atom stereocenters. The highest BCUT2D eigenvalue weighted by Crippen LogP contribution is 2.36. The second-order valence-corrected chi connectivity index (χ2v) is 11.8. The first-order valence-corrected chi connectivity index (χ1v) is 9.98. The number of hydrogen-bond acceptors (Lipinski definition) is 1. The van der Waals surface area contributed by atoms with Crippen LogP contribution in [0.25, 0.3) is 6.08 Å². The van der Waals surface area contributed by atoms with Gasteiger partial charge in [-0.2, -0.15) is 0 Å². The van der Waals surface area contributed by atoms with Crippen LogP contribution in [0, 0.1) is 0 Å². The fraction of sp³-hybridized carbons (Fsp3) is 0.467. The topological polar surface area (TPSA) is 9.23 Å². The second-order valence-electron chi connectivity index (χ2n) is 6.03. The molecule has 0 bridgehead atoms. The Morgan fingerprint density at radius 1 is 1.17 bits per heavy atom. The highest BCUT2D eigenvalue weighted by Gasteiger charge is 2.36. The molecule has 0 N–H and O–H groups in total. The summed E-state index contributed by atoms with van der Waals surface area (Å²) in [6, 6.07) is 8.28. The molecule has 0 saturated heterocycles. The summed E-state index contributed by atoms with van der Waals surface area (Å²) in [5.41, 5.74) is 1.21. The van der Waals surface area contributed by atoms with Crippen molar-refractivity contribution in [1.82, 2.24) is 0 Å². The Bertz CT molecular complexity index is 401. The van der Waals surface area contributed by atoms with Gasteiger partial charge < -0.3 is 4.43 Å². The summed E-state index contributed by atoms with van der Waals surface area (Å²) in [5, 5.41) is 0.276. The Kier molecular flexibility index (Phi) is 5.38. The van der Waals surface area contributed by atoms with E-state index in [1.165, 1.54) is 5.56 Å². The maximum Gasteiger partial charge on any atom is 0.192 e. The van der Waals surface area contributed by atoms with E-state index in [0.29, 0.717) is 6.61 Å². The molecule has 0 aliphatic heterocycles. The van der Waals surface area contributed by atoms with Gasteiger partial charge in [-0.3, -0.25) is 0 Å². The smallest absolute Gasteiger partial charge is 0.192 e. The van der Waals surface area contributed by atoms with Crippen molar-refractivity contribution >= 4 is 30.3 Å². The maximum absolute atomic E-state index is 6.08. The zero-order valence-electron chi connectivity index (χ0n) is 12.0. The molecule has 0 heterocycles. The maximum atomic E-state index is 6.08. The summed E-state index contributed by atoms with van der Waals surface area (Å²) in [5.74, 6) is 0. The lowest BCUT2D eigenvalue weighted by atomic mass is 10.2. The van der Waals surface area contributed by atoms with E-state index in [4.69, 9.17) is 4.43 Å². The minimum Gasteiger partial charge on any atom is -0.413 e. The van der Waals surface area contributed by atoms with E-state index in [9.17, 15) is 0 Å². The molecule has 1 rings (SSSR count). The van der Waals surface area contributed by atoms with E-state index in [0.717, 1.165) is 4.47 Å². The number of rotatable bonds is 4. The van der Waals surface area contributed by atoms with Crippen molar-refractivity contribution in [2.45, 2.75) is 38.9 Å². The Labute approximate surface area is 121 Å². The number of benzene rings is 1. The molecular formula is C15H23BrOSi. The van der Waals surface area contributed by atoms with Crippen molar-refractivity contribution in [2.24, 2.45) is 0 Å². The molecule has 0 amide bonds. The Morgan fingerprint density at radius 3 is 2.22 bits per heavy atom. The lowest BCUT2D eigenvalue weighted by Crippen LogP contribution is -2.40. The molecule has 0 unspecified atom stereocenters. The highest BCUT2D eigenvalue weighted by molar-refractivity contribution is 9.10. The predicted octanol–water partition coefficient (Wildman–Crippen LogP) is 5.48. The Morgan fingerprint density at radius 2 is 1.72 bits per heavy atom. The molecule has 0 aliphatic carbocycles. The van der Waals surface area contributed by atoms with Gasteiger partial charge in [0.05, 0.1) is 6.61 Å². The summed E-state index contributed by atoms with van der Waals surface area (Å²) in [4.78, 5) is 0. The predicted molar refractivity (Wildman–Crippen MR) is 86.3 cm³/mol. The largest absolute Gasteiger partial charge is 0.413 e. The molecule has 18 heavy (non-hydrogen) atoms. The van der Waals surface area contributed by atoms with Crippen molar-refractivity contribution in [2.75, 3.05) is 6.61 Å². The fourth-order valence-corrected chi connectivity index (χ4v) is 2.44. The van der Waals surface area contributed by atoms with Gasteiger partial charge in [0, 0.05) is 4.47 Å². The van der Waals surface area contributed by atoms with Gasteiger partial charge in [0.25, 0.3) is 0 Å². The van der Waals surface area contributed by atoms with Crippen LogP contribution < -0.4 is 0 Å². The molecule has 3 heteroatoms. The first-order chi connectivity index (χ1) is 8.22. The van der Waals surface area contributed by atoms with Crippen molar-refractivity contribution in [3.63, 3.8) is 0 Å². The molecule has 1 aromatic rings. The average Bonchev–Trinajstić information content (AvgIpc) is 2.25. The lowest BCUT2D eigenvalue weighted by molar-refractivity contribution is 0.328. The third kappa shape index (κ3) is 4.71. The van der Waals surface area contributed by atoms with Gasteiger partial charge in [0.1, 0.15) is 0 Å². The summed E-state index contributed by atoms with van der Waals surface area (Å²) in [6.45, 7) is 12.0. The third-order valence-electron chi connectivity index (χ3n) is 3.53. The van der Waals surface area contributed by atoms with Crippen LogP contribution in [0.1, 0.15) is 26.3 Å². The van der Waals surface area contributed by atoms with E-state index in [1.807, 2.05) is 12.1 Å². The van der Waals surface area contributed by atoms with Crippen LogP contribution in [0.4, 0.5) is 0 Å². The molecule has 0 aliphatic rings. The van der Waals surface area contributed by atoms with Crippen LogP contribution >= 0.6 is 15.9 Å². The van der Waals surface area contributed by atoms with Gasteiger partial charge in [-0.1, -0.05) is 61.0 Å². The normalized spacial score (nSPS) is 13.2. The second kappa shape index (κ2) is 6.18. The third-order valence-corrected chi connectivity index (χ3v) is 8.56. The van der Waals surface area contributed by atoms with Crippen molar-refractivity contribution in [1.29, 1.82) is 0 Å².